The van der Waals surface area contributed by atoms with E-state index in [1.807, 2.05) is 24.3 Å². The van der Waals surface area contributed by atoms with E-state index < -0.39 is 11.5 Å². The Morgan fingerprint density at radius 2 is 1.95 bits per heavy atom. The van der Waals surface area contributed by atoms with Gasteiger partial charge in [-0.3, -0.25) is 4.90 Å². The molecule has 0 atom stereocenters. The van der Waals surface area contributed by atoms with Gasteiger partial charge in [-0.05, 0) is 44.7 Å². The summed E-state index contributed by atoms with van der Waals surface area (Å²) in [5.41, 5.74) is 0.732. The van der Waals surface area contributed by atoms with E-state index in [1.165, 1.54) is 13.8 Å². The number of carboxylic acids is 1. The zero-order chi connectivity index (χ0) is 14.8. The van der Waals surface area contributed by atoms with Crippen molar-refractivity contribution in [1.29, 1.82) is 0 Å². The zero-order valence-corrected chi connectivity index (χ0v) is 11.8. The molecule has 5 nitrogen and oxygen atoms in total. The number of para-hydroxylation sites is 1. The Morgan fingerprint density at radius 1 is 1.25 bits per heavy atom. The fourth-order valence-electron chi connectivity index (χ4n) is 2.29. The molecule has 0 bridgehead atoms. The predicted molar refractivity (Wildman–Crippen MR) is 77.0 cm³/mol. The van der Waals surface area contributed by atoms with Crippen molar-refractivity contribution in [2.24, 2.45) is 0 Å². The Hall–Kier alpha value is -2.04. The second-order valence-electron chi connectivity index (χ2n) is 5.60. The molecule has 2 rings (SSSR count). The standard InChI is InChI=1S/C15H20N2O3/c1-15(2,13(18)19)16-14(20)17-10-6-5-8-11-7-3-4-9-12(11)17/h3-4,7,9H,5-6,8,10H2,1-2H3,(H,16,20)(H,18,19). The summed E-state index contributed by atoms with van der Waals surface area (Å²) in [6, 6.07) is 7.43. The van der Waals surface area contributed by atoms with E-state index in [0.29, 0.717) is 6.54 Å². The zero-order valence-electron chi connectivity index (χ0n) is 11.8. The van der Waals surface area contributed by atoms with Crippen LogP contribution in [0.5, 0.6) is 0 Å². The summed E-state index contributed by atoms with van der Waals surface area (Å²) in [6.45, 7) is 3.58. The molecule has 1 aliphatic heterocycles. The first-order valence-electron chi connectivity index (χ1n) is 6.83. The van der Waals surface area contributed by atoms with Crippen LogP contribution in [-0.2, 0) is 11.2 Å². The first-order chi connectivity index (χ1) is 9.42. The molecule has 1 heterocycles. The van der Waals surface area contributed by atoms with Crippen LogP contribution in [0.1, 0.15) is 32.3 Å². The molecule has 0 saturated carbocycles. The van der Waals surface area contributed by atoms with Crippen LogP contribution in [-0.4, -0.2) is 29.2 Å². The highest BCUT2D eigenvalue weighted by Crippen LogP contribution is 2.26. The molecule has 1 aromatic carbocycles. The molecule has 1 aromatic rings. The molecule has 0 radical (unpaired) electrons. The van der Waals surface area contributed by atoms with Crippen molar-refractivity contribution in [2.75, 3.05) is 11.4 Å². The van der Waals surface area contributed by atoms with Crippen LogP contribution in [0.3, 0.4) is 0 Å². The lowest BCUT2D eigenvalue weighted by atomic mass is 10.1. The van der Waals surface area contributed by atoms with E-state index in [-0.39, 0.29) is 6.03 Å². The van der Waals surface area contributed by atoms with Gasteiger partial charge in [-0.2, -0.15) is 0 Å². The summed E-state index contributed by atoms with van der Waals surface area (Å²) in [6.07, 6.45) is 2.89. The van der Waals surface area contributed by atoms with Crippen LogP contribution in [0.25, 0.3) is 0 Å². The molecule has 20 heavy (non-hydrogen) atoms. The SMILES string of the molecule is CC(C)(NC(=O)N1CCCCc2ccccc21)C(=O)O. The average molecular weight is 276 g/mol. The minimum Gasteiger partial charge on any atom is -0.480 e. The third kappa shape index (κ3) is 2.92. The van der Waals surface area contributed by atoms with Gasteiger partial charge in [0.25, 0.3) is 0 Å². The number of carbonyl (C=O) groups is 2. The van der Waals surface area contributed by atoms with E-state index in [2.05, 4.69) is 5.32 Å². The summed E-state index contributed by atoms with van der Waals surface area (Å²) in [5.74, 6) is -1.05. The summed E-state index contributed by atoms with van der Waals surface area (Å²) >= 11 is 0. The summed E-state index contributed by atoms with van der Waals surface area (Å²) in [4.78, 5) is 25.2. The maximum atomic E-state index is 12.4. The largest absolute Gasteiger partial charge is 0.480 e. The number of urea groups is 1. The van der Waals surface area contributed by atoms with Crippen LogP contribution in [0.2, 0.25) is 0 Å². The molecule has 0 aromatic heterocycles. The van der Waals surface area contributed by atoms with Gasteiger partial charge in [0.2, 0.25) is 0 Å². The smallest absolute Gasteiger partial charge is 0.328 e. The van der Waals surface area contributed by atoms with Crippen molar-refractivity contribution < 1.29 is 14.7 Å². The van der Waals surface area contributed by atoms with Gasteiger partial charge in [-0.25, -0.2) is 9.59 Å². The third-order valence-electron chi connectivity index (χ3n) is 3.56. The van der Waals surface area contributed by atoms with Crippen LogP contribution in [0.15, 0.2) is 24.3 Å². The molecular weight excluding hydrogens is 256 g/mol. The number of fused-ring (bicyclic) bond motifs is 1. The number of rotatable bonds is 2. The number of aliphatic carboxylic acids is 1. The molecule has 5 heteroatoms. The third-order valence-corrected chi connectivity index (χ3v) is 3.56. The lowest BCUT2D eigenvalue weighted by Gasteiger charge is -2.28. The van der Waals surface area contributed by atoms with Crippen molar-refractivity contribution in [3.05, 3.63) is 29.8 Å². The topological polar surface area (TPSA) is 69.6 Å². The summed E-state index contributed by atoms with van der Waals surface area (Å²) < 4.78 is 0. The molecule has 2 N–H and O–H groups in total. The Morgan fingerprint density at radius 3 is 2.65 bits per heavy atom. The monoisotopic (exact) mass is 276 g/mol. The highest BCUT2D eigenvalue weighted by Gasteiger charge is 2.32. The number of aryl methyl sites for hydroxylation is 1. The van der Waals surface area contributed by atoms with Crippen molar-refractivity contribution in [2.45, 2.75) is 38.6 Å². The molecule has 0 unspecified atom stereocenters. The lowest BCUT2D eigenvalue weighted by molar-refractivity contribution is -0.142. The number of carbonyl (C=O) groups excluding carboxylic acids is 1. The molecule has 108 valence electrons. The lowest BCUT2D eigenvalue weighted by Crippen LogP contribution is -2.54. The van der Waals surface area contributed by atoms with Gasteiger partial charge in [0.1, 0.15) is 5.54 Å². The van der Waals surface area contributed by atoms with Crippen molar-refractivity contribution in [3.63, 3.8) is 0 Å². The van der Waals surface area contributed by atoms with Gasteiger partial charge < -0.3 is 10.4 Å². The van der Waals surface area contributed by atoms with E-state index in [0.717, 1.165) is 30.5 Å². The number of carboxylic acid groups (broad SMARTS) is 1. The Bertz CT molecular complexity index is 526. The fraction of sp³-hybridized carbons (Fsp3) is 0.467. The molecular formula is C15H20N2O3. The van der Waals surface area contributed by atoms with Gasteiger partial charge in [0, 0.05) is 12.2 Å². The van der Waals surface area contributed by atoms with Gasteiger partial charge in [-0.15, -0.1) is 0 Å². The number of hydrogen-bond donors (Lipinski definition) is 2. The number of nitrogens with zero attached hydrogens (tertiary/aromatic N) is 1. The van der Waals surface area contributed by atoms with Crippen molar-refractivity contribution >= 4 is 17.7 Å². The molecule has 0 fully saturated rings. The number of hydrogen-bond acceptors (Lipinski definition) is 2. The Kier molecular flexibility index (Phi) is 3.97. The second-order valence-corrected chi connectivity index (χ2v) is 5.60. The van der Waals surface area contributed by atoms with Crippen molar-refractivity contribution in [1.82, 2.24) is 5.32 Å². The van der Waals surface area contributed by atoms with Crippen LogP contribution < -0.4 is 10.2 Å². The molecule has 0 aliphatic carbocycles. The molecule has 1 aliphatic rings. The Balaban J connectivity index is 2.24. The normalized spacial score (nSPS) is 15.2. The van der Waals surface area contributed by atoms with Crippen LogP contribution in [0.4, 0.5) is 10.5 Å². The number of amides is 2. The maximum absolute atomic E-state index is 12.4. The molecule has 2 amide bonds. The van der Waals surface area contributed by atoms with Gasteiger partial charge in [0.05, 0.1) is 0 Å². The highest BCUT2D eigenvalue weighted by atomic mass is 16.4. The van der Waals surface area contributed by atoms with Gasteiger partial charge in [-0.1, -0.05) is 18.2 Å². The maximum Gasteiger partial charge on any atom is 0.328 e. The van der Waals surface area contributed by atoms with Gasteiger partial charge >= 0.3 is 12.0 Å². The highest BCUT2D eigenvalue weighted by molar-refractivity contribution is 5.96. The molecule has 0 spiro atoms. The number of nitrogens with one attached hydrogen (secondary N) is 1. The first kappa shape index (κ1) is 14.4. The average Bonchev–Trinajstić information content (AvgIpc) is 2.60. The van der Waals surface area contributed by atoms with E-state index in [9.17, 15) is 9.59 Å². The van der Waals surface area contributed by atoms with Crippen molar-refractivity contribution in [3.8, 4) is 0 Å². The quantitative estimate of drug-likeness (QED) is 0.871. The Labute approximate surface area is 118 Å². The summed E-state index contributed by atoms with van der Waals surface area (Å²) in [7, 11) is 0. The van der Waals surface area contributed by atoms with E-state index in [1.54, 1.807) is 4.90 Å². The fourth-order valence-corrected chi connectivity index (χ4v) is 2.29. The number of anilines is 1. The van der Waals surface area contributed by atoms with Crippen LogP contribution >= 0.6 is 0 Å². The second kappa shape index (κ2) is 5.53. The molecule has 0 saturated heterocycles. The minimum atomic E-state index is -1.28. The van der Waals surface area contributed by atoms with E-state index in [4.69, 9.17) is 5.11 Å². The number of benzene rings is 1. The van der Waals surface area contributed by atoms with E-state index >= 15 is 0 Å². The minimum absolute atomic E-state index is 0.355. The summed E-state index contributed by atoms with van der Waals surface area (Å²) in [5, 5.41) is 11.7. The predicted octanol–water partition coefficient (Wildman–Crippen LogP) is 2.40. The first-order valence-corrected chi connectivity index (χ1v) is 6.83. The van der Waals surface area contributed by atoms with Crippen LogP contribution in [0, 0.1) is 0 Å². The van der Waals surface area contributed by atoms with Gasteiger partial charge in [0.15, 0.2) is 0 Å².